The summed E-state index contributed by atoms with van der Waals surface area (Å²) >= 11 is 4.27. The molecule has 0 unspecified atom stereocenters. The Morgan fingerprint density at radius 1 is 1.29 bits per heavy atom. The summed E-state index contributed by atoms with van der Waals surface area (Å²) < 4.78 is 5.01. The van der Waals surface area contributed by atoms with Gasteiger partial charge in [-0.1, -0.05) is 24.8 Å². The lowest BCUT2D eigenvalue weighted by molar-refractivity contribution is -0.130. The molecule has 1 aromatic rings. The van der Waals surface area contributed by atoms with Crippen LogP contribution in [0.3, 0.4) is 0 Å². The van der Waals surface area contributed by atoms with Crippen molar-refractivity contribution in [3.05, 3.63) is 48.1 Å². The van der Waals surface area contributed by atoms with Gasteiger partial charge in [-0.05, 0) is 12.1 Å². The molecule has 0 amide bonds. The zero-order valence-electron chi connectivity index (χ0n) is 7.36. The zero-order chi connectivity index (χ0) is 10.1. The van der Waals surface area contributed by atoms with E-state index in [0.717, 1.165) is 10.5 Å². The van der Waals surface area contributed by atoms with E-state index >= 15 is 0 Å². The van der Waals surface area contributed by atoms with Gasteiger partial charge >= 0.3 is 5.97 Å². The summed E-state index contributed by atoms with van der Waals surface area (Å²) in [5, 5.41) is 0. The Kier molecular flexibility index (Phi) is 2.17. The number of cyclic esters (lactones) is 1. The van der Waals surface area contributed by atoms with Crippen molar-refractivity contribution in [2.75, 3.05) is 0 Å². The van der Waals surface area contributed by atoms with E-state index in [0.29, 0.717) is 11.3 Å². The first kappa shape index (κ1) is 9.09. The topological polar surface area (TPSA) is 26.3 Å². The number of rotatable bonds is 1. The van der Waals surface area contributed by atoms with Crippen molar-refractivity contribution in [2.24, 2.45) is 0 Å². The molecule has 0 saturated carbocycles. The predicted molar refractivity (Wildman–Crippen MR) is 56.9 cm³/mol. The molecule has 1 aliphatic rings. The van der Waals surface area contributed by atoms with Crippen molar-refractivity contribution in [2.45, 2.75) is 4.90 Å². The third kappa shape index (κ3) is 1.46. The lowest BCUT2D eigenvalue weighted by atomic mass is 10.1. The van der Waals surface area contributed by atoms with E-state index in [1.54, 1.807) is 6.08 Å². The lowest BCUT2D eigenvalue weighted by Crippen LogP contribution is -1.96. The molecule has 14 heavy (non-hydrogen) atoms. The highest BCUT2D eigenvalue weighted by molar-refractivity contribution is 7.80. The summed E-state index contributed by atoms with van der Waals surface area (Å²) in [5.41, 5.74) is 1.18. The molecule has 0 aliphatic carbocycles. The fourth-order valence-electron chi connectivity index (χ4n) is 1.23. The van der Waals surface area contributed by atoms with Crippen LogP contribution in [0.1, 0.15) is 5.56 Å². The largest absolute Gasteiger partial charge is 0.422 e. The van der Waals surface area contributed by atoms with E-state index in [1.165, 1.54) is 0 Å². The molecule has 2 rings (SSSR count). The molecule has 70 valence electrons. The van der Waals surface area contributed by atoms with Gasteiger partial charge in [-0.25, -0.2) is 4.79 Å². The van der Waals surface area contributed by atoms with Gasteiger partial charge in [-0.3, -0.25) is 0 Å². The fourth-order valence-corrected chi connectivity index (χ4v) is 1.50. The Balaban J connectivity index is 2.43. The highest BCUT2D eigenvalue weighted by atomic mass is 32.1. The second kappa shape index (κ2) is 3.35. The molecule has 1 aliphatic heterocycles. The SMILES string of the molecule is C=C1C=C(c2ccccc2S)OC1=O. The van der Waals surface area contributed by atoms with Crippen LogP contribution in [0, 0.1) is 0 Å². The van der Waals surface area contributed by atoms with E-state index in [1.807, 2.05) is 24.3 Å². The van der Waals surface area contributed by atoms with Crippen LogP contribution in [0.15, 0.2) is 47.4 Å². The average Bonchev–Trinajstić information content (AvgIpc) is 2.48. The summed E-state index contributed by atoms with van der Waals surface area (Å²) in [5.74, 6) is 0.127. The van der Waals surface area contributed by atoms with Gasteiger partial charge in [0.25, 0.3) is 0 Å². The van der Waals surface area contributed by atoms with Crippen LogP contribution in [0.2, 0.25) is 0 Å². The Hall–Kier alpha value is -1.48. The summed E-state index contributed by atoms with van der Waals surface area (Å²) in [6.07, 6.45) is 1.62. The average molecular weight is 204 g/mol. The van der Waals surface area contributed by atoms with Crippen molar-refractivity contribution in [3.63, 3.8) is 0 Å². The summed E-state index contributed by atoms with van der Waals surface area (Å²) in [7, 11) is 0. The molecule has 0 fully saturated rings. The molecule has 0 aromatic heterocycles. The maximum absolute atomic E-state index is 11.1. The van der Waals surface area contributed by atoms with Crippen LogP contribution in [0.25, 0.3) is 5.76 Å². The summed E-state index contributed by atoms with van der Waals surface area (Å²) in [6.45, 7) is 3.56. The zero-order valence-corrected chi connectivity index (χ0v) is 8.25. The second-order valence-corrected chi connectivity index (χ2v) is 3.42. The number of hydrogen-bond acceptors (Lipinski definition) is 3. The first-order valence-electron chi connectivity index (χ1n) is 4.09. The van der Waals surface area contributed by atoms with Crippen LogP contribution in [0.5, 0.6) is 0 Å². The van der Waals surface area contributed by atoms with E-state index in [9.17, 15) is 4.79 Å². The molecule has 2 nitrogen and oxygen atoms in total. The van der Waals surface area contributed by atoms with Gasteiger partial charge < -0.3 is 4.74 Å². The Labute approximate surface area is 87.3 Å². The molecule has 0 spiro atoms. The van der Waals surface area contributed by atoms with Crippen LogP contribution in [-0.2, 0) is 9.53 Å². The summed E-state index contributed by atoms with van der Waals surface area (Å²) in [4.78, 5) is 11.8. The minimum Gasteiger partial charge on any atom is -0.422 e. The Bertz CT molecular complexity index is 446. The molecule has 3 heteroatoms. The standard InChI is InChI=1S/C11H8O2S/c1-7-6-9(13-11(7)12)8-4-2-3-5-10(8)14/h2-6,14H,1H2. The monoisotopic (exact) mass is 204 g/mol. The molecular weight excluding hydrogens is 196 g/mol. The molecule has 1 aromatic carbocycles. The molecule has 0 atom stereocenters. The van der Waals surface area contributed by atoms with E-state index < -0.39 is 5.97 Å². The number of esters is 1. The number of benzene rings is 1. The number of carbonyl (C=O) groups excluding carboxylic acids is 1. The van der Waals surface area contributed by atoms with Crippen LogP contribution in [0.4, 0.5) is 0 Å². The van der Waals surface area contributed by atoms with E-state index in [2.05, 4.69) is 19.2 Å². The second-order valence-electron chi connectivity index (χ2n) is 2.94. The molecule has 1 heterocycles. The minimum absolute atomic E-state index is 0.372. The van der Waals surface area contributed by atoms with E-state index in [4.69, 9.17) is 4.74 Å². The maximum atomic E-state index is 11.1. The fraction of sp³-hybridized carbons (Fsp3) is 0. The molecule has 0 bridgehead atoms. The Morgan fingerprint density at radius 3 is 2.57 bits per heavy atom. The van der Waals surface area contributed by atoms with Crippen molar-refractivity contribution < 1.29 is 9.53 Å². The van der Waals surface area contributed by atoms with Gasteiger partial charge in [-0.2, -0.15) is 0 Å². The number of ether oxygens (including phenoxy) is 1. The van der Waals surface area contributed by atoms with Gasteiger partial charge in [0.15, 0.2) is 0 Å². The number of carbonyl (C=O) groups is 1. The third-order valence-electron chi connectivity index (χ3n) is 1.94. The van der Waals surface area contributed by atoms with Gasteiger partial charge in [0, 0.05) is 10.5 Å². The summed E-state index contributed by atoms with van der Waals surface area (Å²) in [6, 6.07) is 7.43. The lowest BCUT2D eigenvalue weighted by Gasteiger charge is -2.03. The van der Waals surface area contributed by atoms with Crippen LogP contribution in [-0.4, -0.2) is 5.97 Å². The van der Waals surface area contributed by atoms with Gasteiger partial charge in [0.2, 0.25) is 0 Å². The number of thiol groups is 1. The van der Waals surface area contributed by atoms with E-state index in [-0.39, 0.29) is 0 Å². The number of hydrogen-bond donors (Lipinski definition) is 1. The highest BCUT2D eigenvalue weighted by Crippen LogP contribution is 2.28. The van der Waals surface area contributed by atoms with Crippen molar-refractivity contribution in [1.82, 2.24) is 0 Å². The quantitative estimate of drug-likeness (QED) is 0.432. The molecule has 0 N–H and O–H groups in total. The third-order valence-corrected chi connectivity index (χ3v) is 2.33. The first-order valence-corrected chi connectivity index (χ1v) is 4.54. The predicted octanol–water partition coefficient (Wildman–Crippen LogP) is 2.43. The van der Waals surface area contributed by atoms with Crippen LogP contribution < -0.4 is 0 Å². The minimum atomic E-state index is -0.392. The Morgan fingerprint density at radius 2 is 2.00 bits per heavy atom. The normalized spacial score (nSPS) is 15.4. The van der Waals surface area contributed by atoms with Crippen molar-refractivity contribution in [1.29, 1.82) is 0 Å². The smallest absolute Gasteiger partial charge is 0.343 e. The van der Waals surface area contributed by atoms with Crippen molar-refractivity contribution in [3.8, 4) is 0 Å². The van der Waals surface area contributed by atoms with Gasteiger partial charge in [-0.15, -0.1) is 12.6 Å². The van der Waals surface area contributed by atoms with Gasteiger partial charge in [0.1, 0.15) is 5.76 Å². The highest BCUT2D eigenvalue weighted by Gasteiger charge is 2.20. The molecule has 0 radical (unpaired) electrons. The van der Waals surface area contributed by atoms with Crippen LogP contribution >= 0.6 is 12.6 Å². The van der Waals surface area contributed by atoms with Gasteiger partial charge in [0.05, 0.1) is 5.57 Å². The maximum Gasteiger partial charge on any atom is 0.343 e. The first-order chi connectivity index (χ1) is 6.68. The van der Waals surface area contributed by atoms with Crippen molar-refractivity contribution >= 4 is 24.4 Å². The molecule has 0 saturated heterocycles. The molecular formula is C11H8O2S.